The van der Waals surface area contributed by atoms with Crippen LogP contribution in [0.4, 0.5) is 5.13 Å². The number of amides is 1. The maximum Gasteiger partial charge on any atom is 0.232 e. The number of hydrogen-bond donors (Lipinski definition) is 1. The van der Waals surface area contributed by atoms with Crippen molar-refractivity contribution in [3.8, 4) is 21.1 Å². The minimum Gasteiger partial charge on any atom is -0.302 e. The predicted molar refractivity (Wildman–Crippen MR) is 105 cm³/mol. The topological polar surface area (TPSA) is 54.9 Å². The number of anilines is 1. The van der Waals surface area contributed by atoms with Crippen LogP contribution in [-0.2, 0) is 11.2 Å². The fourth-order valence-electron chi connectivity index (χ4n) is 2.30. The number of benzene rings is 1. The van der Waals surface area contributed by atoms with Gasteiger partial charge < -0.3 is 5.32 Å². The molecule has 0 saturated heterocycles. The molecule has 0 saturated carbocycles. The molecular formula is C18H13N3OS3. The first-order valence-electron chi connectivity index (χ1n) is 7.57. The molecule has 0 spiro atoms. The van der Waals surface area contributed by atoms with Crippen LogP contribution in [0.25, 0.3) is 21.1 Å². The van der Waals surface area contributed by atoms with Crippen molar-refractivity contribution in [3.63, 3.8) is 0 Å². The summed E-state index contributed by atoms with van der Waals surface area (Å²) in [6.45, 7) is 0. The number of hydrogen-bond acceptors (Lipinski definition) is 6. The Morgan fingerprint density at radius 3 is 2.64 bits per heavy atom. The highest BCUT2D eigenvalue weighted by molar-refractivity contribution is 7.20. The van der Waals surface area contributed by atoms with Crippen LogP contribution in [0.5, 0.6) is 0 Å². The molecule has 4 aromatic rings. The fraction of sp³-hybridized carbons (Fsp3) is 0.0556. The molecule has 0 aliphatic heterocycles. The summed E-state index contributed by atoms with van der Waals surface area (Å²) in [5.41, 5.74) is 2.69. The molecule has 1 amide bonds. The standard InChI is InChI=1S/C18H13N3OS3/c22-16(9-13-10-24-17(19-13)15-7-4-8-23-15)21-18-20-14(11-25-18)12-5-2-1-3-6-12/h1-8,10-11H,9H2,(H,20,21,22). The number of aromatic nitrogens is 2. The van der Waals surface area contributed by atoms with Crippen molar-refractivity contribution in [2.24, 2.45) is 0 Å². The average molecular weight is 384 g/mol. The Kier molecular flexibility index (Phi) is 4.69. The van der Waals surface area contributed by atoms with Crippen molar-refractivity contribution in [1.82, 2.24) is 9.97 Å². The maximum absolute atomic E-state index is 12.2. The second kappa shape index (κ2) is 7.26. The van der Waals surface area contributed by atoms with Gasteiger partial charge in [0.05, 0.1) is 22.7 Å². The van der Waals surface area contributed by atoms with Gasteiger partial charge in [-0.15, -0.1) is 34.0 Å². The molecule has 4 nitrogen and oxygen atoms in total. The van der Waals surface area contributed by atoms with Gasteiger partial charge in [-0.1, -0.05) is 36.4 Å². The van der Waals surface area contributed by atoms with Crippen LogP contribution in [0, 0.1) is 0 Å². The van der Waals surface area contributed by atoms with Gasteiger partial charge in [-0.25, -0.2) is 9.97 Å². The highest BCUT2D eigenvalue weighted by atomic mass is 32.1. The summed E-state index contributed by atoms with van der Waals surface area (Å²) in [5.74, 6) is -0.100. The van der Waals surface area contributed by atoms with Crippen LogP contribution in [-0.4, -0.2) is 15.9 Å². The summed E-state index contributed by atoms with van der Waals surface area (Å²) >= 11 is 4.64. The third-order valence-electron chi connectivity index (χ3n) is 3.45. The Labute approximate surface area is 156 Å². The summed E-state index contributed by atoms with van der Waals surface area (Å²) in [5, 5.41) is 10.3. The number of nitrogens with zero attached hydrogens (tertiary/aromatic N) is 2. The van der Waals surface area contributed by atoms with Gasteiger partial charge in [0.2, 0.25) is 5.91 Å². The van der Waals surface area contributed by atoms with Gasteiger partial charge in [-0.2, -0.15) is 0 Å². The molecule has 25 heavy (non-hydrogen) atoms. The number of nitrogens with one attached hydrogen (secondary N) is 1. The average Bonchev–Trinajstić information content (AvgIpc) is 3.37. The van der Waals surface area contributed by atoms with Crippen molar-refractivity contribution >= 4 is 45.0 Å². The molecule has 124 valence electrons. The molecule has 0 atom stereocenters. The molecule has 3 aromatic heterocycles. The SMILES string of the molecule is O=C(Cc1csc(-c2cccs2)n1)Nc1nc(-c2ccccc2)cs1. The lowest BCUT2D eigenvalue weighted by molar-refractivity contribution is -0.115. The van der Waals surface area contributed by atoms with Gasteiger partial charge in [0.1, 0.15) is 5.01 Å². The molecule has 0 fully saturated rings. The van der Waals surface area contributed by atoms with Crippen LogP contribution in [0.2, 0.25) is 0 Å². The van der Waals surface area contributed by atoms with Crippen LogP contribution in [0.1, 0.15) is 5.69 Å². The molecule has 0 radical (unpaired) electrons. The first-order valence-corrected chi connectivity index (χ1v) is 10.2. The lowest BCUT2D eigenvalue weighted by atomic mass is 10.2. The van der Waals surface area contributed by atoms with Gasteiger partial charge in [0.25, 0.3) is 0 Å². The largest absolute Gasteiger partial charge is 0.302 e. The monoisotopic (exact) mass is 383 g/mol. The normalized spacial score (nSPS) is 10.7. The van der Waals surface area contributed by atoms with Crippen LogP contribution < -0.4 is 5.32 Å². The van der Waals surface area contributed by atoms with E-state index in [1.807, 2.05) is 58.6 Å². The number of thiophene rings is 1. The van der Waals surface area contributed by atoms with Gasteiger partial charge in [-0.05, 0) is 11.4 Å². The summed E-state index contributed by atoms with van der Waals surface area (Å²) in [6.07, 6.45) is 0.252. The van der Waals surface area contributed by atoms with E-state index in [1.165, 1.54) is 11.3 Å². The van der Waals surface area contributed by atoms with Gasteiger partial charge >= 0.3 is 0 Å². The minimum absolute atomic E-state index is 0.100. The molecule has 1 aromatic carbocycles. The van der Waals surface area contributed by atoms with E-state index < -0.39 is 0 Å². The number of carbonyl (C=O) groups excluding carboxylic acids is 1. The lowest BCUT2D eigenvalue weighted by Gasteiger charge is -1.99. The zero-order valence-electron chi connectivity index (χ0n) is 13.0. The predicted octanol–water partition coefficient (Wildman–Crippen LogP) is 5.18. The van der Waals surface area contributed by atoms with E-state index in [-0.39, 0.29) is 12.3 Å². The smallest absolute Gasteiger partial charge is 0.232 e. The van der Waals surface area contributed by atoms with Crippen molar-refractivity contribution in [2.45, 2.75) is 6.42 Å². The fourth-order valence-corrected chi connectivity index (χ4v) is 4.67. The van der Waals surface area contributed by atoms with Crippen molar-refractivity contribution < 1.29 is 4.79 Å². The van der Waals surface area contributed by atoms with Crippen molar-refractivity contribution in [3.05, 3.63) is 64.3 Å². The van der Waals surface area contributed by atoms with Crippen molar-refractivity contribution in [2.75, 3.05) is 5.32 Å². The second-order valence-electron chi connectivity index (χ2n) is 5.25. The summed E-state index contributed by atoms with van der Waals surface area (Å²) < 4.78 is 0. The van der Waals surface area contributed by atoms with Crippen molar-refractivity contribution in [1.29, 1.82) is 0 Å². The quantitative estimate of drug-likeness (QED) is 0.517. The van der Waals surface area contributed by atoms with E-state index in [9.17, 15) is 4.79 Å². The van der Waals surface area contributed by atoms with Gasteiger partial charge in [0, 0.05) is 16.3 Å². The van der Waals surface area contributed by atoms with E-state index in [0.717, 1.165) is 26.8 Å². The van der Waals surface area contributed by atoms with Gasteiger partial charge in [0.15, 0.2) is 5.13 Å². The Morgan fingerprint density at radius 2 is 1.84 bits per heavy atom. The van der Waals surface area contributed by atoms with Gasteiger partial charge in [-0.3, -0.25) is 4.79 Å². The highest BCUT2D eigenvalue weighted by Gasteiger charge is 2.12. The molecule has 1 N–H and O–H groups in total. The zero-order chi connectivity index (χ0) is 17.1. The molecule has 0 unspecified atom stereocenters. The molecule has 7 heteroatoms. The zero-order valence-corrected chi connectivity index (χ0v) is 15.5. The van der Waals surface area contributed by atoms with Crippen LogP contribution in [0.3, 0.4) is 0 Å². The number of thiazole rings is 2. The molecule has 4 rings (SSSR count). The number of carbonyl (C=O) groups is 1. The first kappa shape index (κ1) is 16.1. The van der Waals surface area contributed by atoms with Crippen LogP contribution >= 0.6 is 34.0 Å². The highest BCUT2D eigenvalue weighted by Crippen LogP contribution is 2.28. The molecule has 3 heterocycles. The Morgan fingerprint density at radius 1 is 0.960 bits per heavy atom. The van der Waals surface area contributed by atoms with E-state index in [0.29, 0.717) is 5.13 Å². The Balaban J connectivity index is 1.40. The van der Waals surface area contributed by atoms with E-state index in [1.54, 1.807) is 22.7 Å². The molecule has 0 aliphatic rings. The molecule has 0 bridgehead atoms. The Bertz CT molecular complexity index is 974. The summed E-state index contributed by atoms with van der Waals surface area (Å²) in [7, 11) is 0. The Hall–Kier alpha value is -2.35. The third-order valence-corrected chi connectivity index (χ3v) is 6.13. The van der Waals surface area contributed by atoms with E-state index in [4.69, 9.17) is 0 Å². The van der Waals surface area contributed by atoms with E-state index >= 15 is 0 Å². The summed E-state index contributed by atoms with van der Waals surface area (Å²) in [4.78, 5) is 22.4. The summed E-state index contributed by atoms with van der Waals surface area (Å²) in [6, 6.07) is 14.0. The second-order valence-corrected chi connectivity index (χ2v) is 7.91. The first-order chi connectivity index (χ1) is 12.3. The van der Waals surface area contributed by atoms with Crippen LogP contribution in [0.15, 0.2) is 58.6 Å². The van der Waals surface area contributed by atoms with E-state index in [2.05, 4.69) is 15.3 Å². The number of rotatable bonds is 5. The minimum atomic E-state index is -0.100. The molecule has 0 aliphatic carbocycles. The molecular weight excluding hydrogens is 370 g/mol. The lowest BCUT2D eigenvalue weighted by Crippen LogP contribution is -2.14. The third kappa shape index (κ3) is 3.84. The maximum atomic E-state index is 12.2.